The van der Waals surface area contributed by atoms with Crippen molar-refractivity contribution in [1.82, 2.24) is 5.32 Å². The molecular formula is C21H12ClF2N3O2S. The van der Waals surface area contributed by atoms with Gasteiger partial charge >= 0.3 is 6.03 Å². The molecule has 1 atom stereocenters. The summed E-state index contributed by atoms with van der Waals surface area (Å²) in [5.41, 5.74) is 2.32. The second-order valence-electron chi connectivity index (χ2n) is 6.89. The summed E-state index contributed by atoms with van der Waals surface area (Å²) in [7, 11) is 0. The van der Waals surface area contributed by atoms with Crippen molar-refractivity contribution >= 4 is 52.5 Å². The van der Waals surface area contributed by atoms with Gasteiger partial charge in [-0.05, 0) is 47.0 Å². The number of nitrogens with zero attached hydrogens (tertiary/aromatic N) is 2. The van der Waals surface area contributed by atoms with Crippen LogP contribution in [-0.2, 0) is 11.2 Å². The third kappa shape index (κ3) is 3.00. The molecule has 2 aromatic carbocycles. The van der Waals surface area contributed by atoms with Crippen LogP contribution in [0, 0.1) is 11.6 Å². The lowest BCUT2D eigenvalue weighted by Crippen LogP contribution is -2.30. The minimum absolute atomic E-state index is 0.292. The summed E-state index contributed by atoms with van der Waals surface area (Å²) < 4.78 is 30.6. The van der Waals surface area contributed by atoms with Crippen LogP contribution in [0.1, 0.15) is 17.2 Å². The van der Waals surface area contributed by atoms with E-state index in [-0.39, 0.29) is 0 Å². The Hall–Kier alpha value is -3.10. The molecule has 1 aromatic heterocycles. The van der Waals surface area contributed by atoms with Gasteiger partial charge in [0.15, 0.2) is 0 Å². The van der Waals surface area contributed by atoms with Crippen molar-refractivity contribution < 1.29 is 18.4 Å². The fraction of sp³-hybridized carbons (Fsp3) is 0.0952. The van der Waals surface area contributed by atoms with Crippen LogP contribution >= 0.6 is 22.9 Å². The van der Waals surface area contributed by atoms with Crippen molar-refractivity contribution in [2.45, 2.75) is 12.5 Å². The molecule has 3 amide bonds. The summed E-state index contributed by atoms with van der Waals surface area (Å²) in [6, 6.07) is 6.69. The summed E-state index contributed by atoms with van der Waals surface area (Å²) in [4.78, 5) is 30.3. The highest BCUT2D eigenvalue weighted by Gasteiger charge is 2.43. The maximum absolute atomic E-state index is 15.1. The third-order valence-electron chi connectivity index (χ3n) is 5.10. The molecule has 5 nitrogen and oxygen atoms in total. The predicted octanol–water partition coefficient (Wildman–Crippen LogP) is 5.40. The SMILES string of the molecule is O=C1NC(=O)N(c2ccc3c(c2)N=CC3)C1c1c(F)cc(-c2csc(Cl)c2)cc1F. The highest BCUT2D eigenvalue weighted by atomic mass is 35.5. The zero-order valence-electron chi connectivity index (χ0n) is 15.2. The van der Waals surface area contributed by atoms with Gasteiger partial charge in [0.2, 0.25) is 0 Å². The van der Waals surface area contributed by atoms with E-state index in [4.69, 9.17) is 11.6 Å². The van der Waals surface area contributed by atoms with Crippen LogP contribution in [0.15, 0.2) is 46.8 Å². The lowest BCUT2D eigenvalue weighted by Gasteiger charge is -2.23. The van der Waals surface area contributed by atoms with Gasteiger partial charge < -0.3 is 0 Å². The number of amides is 3. The Bertz CT molecular complexity index is 1230. The molecule has 0 bridgehead atoms. The van der Waals surface area contributed by atoms with Crippen LogP contribution < -0.4 is 10.2 Å². The number of rotatable bonds is 3. The van der Waals surface area contributed by atoms with Crippen molar-refractivity contribution in [1.29, 1.82) is 0 Å². The maximum atomic E-state index is 15.1. The molecule has 1 fully saturated rings. The van der Waals surface area contributed by atoms with E-state index in [0.717, 1.165) is 22.6 Å². The monoisotopic (exact) mass is 443 g/mol. The van der Waals surface area contributed by atoms with Crippen LogP contribution in [0.4, 0.5) is 25.0 Å². The van der Waals surface area contributed by atoms with Gasteiger partial charge in [0.25, 0.3) is 5.91 Å². The fourth-order valence-electron chi connectivity index (χ4n) is 3.71. The zero-order chi connectivity index (χ0) is 21.0. The molecule has 2 aliphatic heterocycles. The van der Waals surface area contributed by atoms with Gasteiger partial charge in [0.1, 0.15) is 17.7 Å². The lowest BCUT2D eigenvalue weighted by molar-refractivity contribution is -0.120. The largest absolute Gasteiger partial charge is 0.329 e. The molecule has 1 saturated heterocycles. The van der Waals surface area contributed by atoms with E-state index in [1.165, 1.54) is 11.3 Å². The minimum Gasteiger partial charge on any atom is -0.277 e. The van der Waals surface area contributed by atoms with Crippen molar-refractivity contribution in [3.05, 3.63) is 68.9 Å². The molecule has 150 valence electrons. The van der Waals surface area contributed by atoms with E-state index in [1.807, 2.05) is 0 Å². The molecule has 0 spiro atoms. The fourth-order valence-corrected chi connectivity index (χ4v) is 4.60. The van der Waals surface area contributed by atoms with E-state index < -0.39 is 35.2 Å². The number of aliphatic imine (C=N–C) groups is 1. The number of carbonyl (C=O) groups excluding carboxylic acids is 2. The Morgan fingerprint density at radius 3 is 2.57 bits per heavy atom. The van der Waals surface area contributed by atoms with Crippen molar-refractivity contribution in [2.24, 2.45) is 4.99 Å². The van der Waals surface area contributed by atoms with E-state index in [2.05, 4.69) is 10.3 Å². The van der Waals surface area contributed by atoms with Crippen molar-refractivity contribution in [2.75, 3.05) is 4.90 Å². The molecule has 3 aromatic rings. The molecule has 3 heterocycles. The molecular weight excluding hydrogens is 432 g/mol. The number of carbonyl (C=O) groups is 2. The number of nitrogens with one attached hydrogen (secondary N) is 1. The van der Waals surface area contributed by atoms with Gasteiger partial charge in [0.05, 0.1) is 15.6 Å². The van der Waals surface area contributed by atoms with E-state index in [9.17, 15) is 9.59 Å². The predicted molar refractivity (Wildman–Crippen MR) is 112 cm³/mol. The van der Waals surface area contributed by atoms with Gasteiger partial charge in [-0.1, -0.05) is 17.7 Å². The molecule has 5 rings (SSSR count). The van der Waals surface area contributed by atoms with Crippen LogP contribution in [-0.4, -0.2) is 18.2 Å². The number of fused-ring (bicyclic) bond motifs is 1. The first-order valence-corrected chi connectivity index (χ1v) is 10.2. The first-order valence-electron chi connectivity index (χ1n) is 8.95. The smallest absolute Gasteiger partial charge is 0.277 e. The highest BCUT2D eigenvalue weighted by Crippen LogP contribution is 2.39. The second kappa shape index (κ2) is 7.00. The van der Waals surface area contributed by atoms with Crippen LogP contribution in [0.2, 0.25) is 4.34 Å². The Kier molecular flexibility index (Phi) is 4.41. The Morgan fingerprint density at radius 1 is 1.10 bits per heavy atom. The third-order valence-corrected chi connectivity index (χ3v) is 6.19. The molecule has 0 radical (unpaired) electrons. The molecule has 9 heteroatoms. The molecule has 1 unspecified atom stereocenters. The number of imide groups is 1. The van der Waals surface area contributed by atoms with Crippen LogP contribution in [0.25, 0.3) is 11.1 Å². The quantitative estimate of drug-likeness (QED) is 0.551. The number of urea groups is 1. The summed E-state index contributed by atoms with van der Waals surface area (Å²) >= 11 is 7.15. The molecule has 0 saturated carbocycles. The van der Waals surface area contributed by atoms with Gasteiger partial charge in [-0.2, -0.15) is 0 Å². The highest BCUT2D eigenvalue weighted by molar-refractivity contribution is 7.14. The minimum atomic E-state index is -1.47. The second-order valence-corrected chi connectivity index (χ2v) is 8.43. The number of thiophene rings is 1. The topological polar surface area (TPSA) is 61.8 Å². The zero-order valence-corrected chi connectivity index (χ0v) is 16.7. The van der Waals surface area contributed by atoms with Gasteiger partial charge in [-0.25, -0.2) is 13.6 Å². The average Bonchev–Trinajstić information content (AvgIpc) is 3.40. The Balaban J connectivity index is 1.60. The van der Waals surface area contributed by atoms with Gasteiger partial charge in [0, 0.05) is 23.7 Å². The number of anilines is 1. The summed E-state index contributed by atoms with van der Waals surface area (Å²) in [5.74, 6) is -2.65. The first kappa shape index (κ1) is 18.9. The average molecular weight is 444 g/mol. The van der Waals surface area contributed by atoms with E-state index >= 15 is 8.78 Å². The van der Waals surface area contributed by atoms with Crippen LogP contribution in [0.5, 0.6) is 0 Å². The standard InChI is InChI=1S/C21H12ClF2N3O2S/c22-17-7-12(9-30-17)11-5-14(23)18(15(24)6-11)19-20(28)26-21(29)27(19)13-2-1-10-3-4-25-16(10)8-13/h1-2,4-9,19H,3H2,(H,26,28,29). The summed E-state index contributed by atoms with van der Waals surface area (Å²) in [6.45, 7) is 0. The summed E-state index contributed by atoms with van der Waals surface area (Å²) in [5, 5.41) is 3.83. The number of benzene rings is 2. The molecule has 30 heavy (non-hydrogen) atoms. The number of hydrogen-bond donors (Lipinski definition) is 1. The Morgan fingerprint density at radius 2 is 1.87 bits per heavy atom. The normalized spacial score (nSPS) is 17.6. The van der Waals surface area contributed by atoms with E-state index in [1.54, 1.807) is 35.9 Å². The molecule has 2 aliphatic rings. The van der Waals surface area contributed by atoms with Crippen molar-refractivity contribution in [3.63, 3.8) is 0 Å². The van der Waals surface area contributed by atoms with E-state index in [0.29, 0.717) is 33.3 Å². The lowest BCUT2D eigenvalue weighted by atomic mass is 9.99. The maximum Gasteiger partial charge on any atom is 0.329 e. The van der Waals surface area contributed by atoms with Crippen molar-refractivity contribution in [3.8, 4) is 11.1 Å². The molecule has 0 aliphatic carbocycles. The number of halogens is 3. The van der Waals surface area contributed by atoms with Gasteiger partial charge in [-0.3, -0.25) is 20.0 Å². The van der Waals surface area contributed by atoms with Gasteiger partial charge in [-0.15, -0.1) is 11.3 Å². The summed E-state index contributed by atoms with van der Waals surface area (Å²) in [6.07, 6.45) is 2.40. The first-order chi connectivity index (χ1) is 14.4. The number of hydrogen-bond acceptors (Lipinski definition) is 4. The van der Waals surface area contributed by atoms with Crippen LogP contribution in [0.3, 0.4) is 0 Å². The Labute approximate surface area is 178 Å². The molecule has 1 N–H and O–H groups in total.